The zero-order valence-corrected chi connectivity index (χ0v) is 23.4. The molecule has 2 atom stereocenters. The zero-order chi connectivity index (χ0) is 28.9. The monoisotopic (exact) mass is 578 g/mol. The molecule has 5 rings (SSSR count). The predicted molar refractivity (Wildman–Crippen MR) is 154 cm³/mol. The lowest BCUT2D eigenvalue weighted by molar-refractivity contribution is -0.123. The van der Waals surface area contributed by atoms with Crippen LogP contribution in [-0.2, 0) is 20.8 Å². The first-order valence-electron chi connectivity index (χ1n) is 13.6. The molecule has 3 heterocycles. The number of carbonyl (C=O) groups is 2. The molecule has 3 aromatic rings. The Bertz CT molecular complexity index is 1520. The number of benzene rings is 2. The Morgan fingerprint density at radius 2 is 1.90 bits per heavy atom. The molecule has 2 aliphatic rings. The van der Waals surface area contributed by atoms with E-state index in [2.05, 4.69) is 5.16 Å². The second kappa shape index (κ2) is 12.7. The topological polar surface area (TPSA) is 116 Å². The molecule has 10 heteroatoms. The van der Waals surface area contributed by atoms with Crippen molar-refractivity contribution in [2.45, 2.75) is 50.7 Å². The number of rotatable bonds is 10. The molecule has 0 bridgehead atoms. The maximum Gasteiger partial charge on any atom is 0.335 e. The van der Waals surface area contributed by atoms with Gasteiger partial charge in [-0.1, -0.05) is 35.0 Å². The van der Waals surface area contributed by atoms with Crippen LogP contribution in [0, 0.1) is 0 Å². The number of aromatic carboxylic acids is 1. The van der Waals surface area contributed by atoms with Crippen LogP contribution in [0.1, 0.15) is 59.6 Å². The summed E-state index contributed by atoms with van der Waals surface area (Å²) in [6, 6.07) is 12.2. The molecule has 0 amide bonds. The Morgan fingerprint density at radius 1 is 1.10 bits per heavy atom. The standard InChI is InChI=1S/C31H31ClN2O7/c1-39-29-18-34(30(36)17-25(29)24-15-21(32)9-10-23(24)26-11-13-41-33-26)27(16-22-4-2-3-12-40-22)28(35)14-19-5-7-20(8-6-19)31(37)38/h5-10,15,17-18,22,27H,2-4,11-14,16H2,1H3,(H,37,38)/t22-,27?/m1/s1. The predicted octanol–water partition coefficient (Wildman–Crippen LogP) is 5.31. The van der Waals surface area contributed by atoms with Gasteiger partial charge >= 0.3 is 5.97 Å². The fourth-order valence-corrected chi connectivity index (χ4v) is 5.53. The van der Waals surface area contributed by atoms with Gasteiger partial charge in [0.25, 0.3) is 5.56 Å². The van der Waals surface area contributed by atoms with Crippen molar-refractivity contribution in [2.75, 3.05) is 20.3 Å². The van der Waals surface area contributed by atoms with Crippen LogP contribution in [0.3, 0.4) is 0 Å². The molecule has 2 aliphatic heterocycles. The summed E-state index contributed by atoms with van der Waals surface area (Å²) in [6.07, 6.45) is 5.17. The van der Waals surface area contributed by atoms with E-state index in [0.717, 1.165) is 30.5 Å². The quantitative estimate of drug-likeness (QED) is 0.346. The normalized spacial score (nSPS) is 17.4. The number of hydrogen-bond donors (Lipinski definition) is 1. The summed E-state index contributed by atoms with van der Waals surface area (Å²) < 4.78 is 13.1. The third-order valence-corrected chi connectivity index (χ3v) is 7.73. The number of hydrogen-bond acceptors (Lipinski definition) is 7. The van der Waals surface area contributed by atoms with Crippen LogP contribution in [-0.4, -0.2) is 53.6 Å². The minimum atomic E-state index is -1.04. The zero-order valence-electron chi connectivity index (χ0n) is 22.7. The van der Waals surface area contributed by atoms with Crippen LogP contribution < -0.4 is 10.3 Å². The van der Waals surface area contributed by atoms with E-state index in [0.29, 0.717) is 53.5 Å². The largest absolute Gasteiger partial charge is 0.495 e. The van der Waals surface area contributed by atoms with Crippen LogP contribution in [0.2, 0.25) is 5.02 Å². The van der Waals surface area contributed by atoms with E-state index in [9.17, 15) is 19.5 Å². The van der Waals surface area contributed by atoms with Gasteiger partial charge < -0.3 is 24.0 Å². The van der Waals surface area contributed by atoms with Crippen LogP contribution in [0.5, 0.6) is 5.75 Å². The number of carbonyl (C=O) groups excluding carboxylic acids is 1. The molecule has 0 aliphatic carbocycles. The van der Waals surface area contributed by atoms with Crippen molar-refractivity contribution in [3.05, 3.63) is 86.8 Å². The van der Waals surface area contributed by atoms with Crippen molar-refractivity contribution >= 4 is 29.1 Å². The molecule has 1 unspecified atom stereocenters. The lowest BCUT2D eigenvalue weighted by Gasteiger charge is -2.28. The maximum atomic E-state index is 13.8. The first-order chi connectivity index (χ1) is 19.8. The molecule has 41 heavy (non-hydrogen) atoms. The Hall–Kier alpha value is -3.95. The molecule has 0 saturated carbocycles. The molecule has 1 N–H and O–H groups in total. The molecule has 1 fully saturated rings. The highest BCUT2D eigenvalue weighted by atomic mass is 35.5. The van der Waals surface area contributed by atoms with Gasteiger partial charge in [-0.15, -0.1) is 0 Å². The fourth-order valence-electron chi connectivity index (χ4n) is 5.36. The van der Waals surface area contributed by atoms with Crippen LogP contribution in [0.15, 0.2) is 64.7 Å². The highest BCUT2D eigenvalue weighted by Gasteiger charge is 2.29. The average molecular weight is 579 g/mol. The van der Waals surface area contributed by atoms with Crippen molar-refractivity contribution < 1.29 is 29.0 Å². The highest BCUT2D eigenvalue weighted by molar-refractivity contribution is 6.31. The molecule has 2 aromatic carbocycles. The van der Waals surface area contributed by atoms with Crippen molar-refractivity contribution in [1.82, 2.24) is 4.57 Å². The molecule has 9 nitrogen and oxygen atoms in total. The molecular weight excluding hydrogens is 548 g/mol. The number of oxime groups is 1. The van der Waals surface area contributed by atoms with Gasteiger partial charge in [0.05, 0.1) is 36.7 Å². The molecule has 1 saturated heterocycles. The number of nitrogens with zero attached hydrogens (tertiary/aromatic N) is 2. The summed E-state index contributed by atoms with van der Waals surface area (Å²) in [4.78, 5) is 43.9. The second-order valence-electron chi connectivity index (χ2n) is 10.2. The number of ketones is 1. The van der Waals surface area contributed by atoms with Crippen LogP contribution in [0.25, 0.3) is 11.1 Å². The van der Waals surface area contributed by atoms with Crippen molar-refractivity contribution in [3.8, 4) is 16.9 Å². The van der Waals surface area contributed by atoms with E-state index in [-0.39, 0.29) is 29.4 Å². The number of methoxy groups -OCH3 is 1. The summed E-state index contributed by atoms with van der Waals surface area (Å²) in [6.45, 7) is 1.09. The Kier molecular flexibility index (Phi) is 8.85. The third-order valence-electron chi connectivity index (χ3n) is 7.50. The smallest absolute Gasteiger partial charge is 0.335 e. The highest BCUT2D eigenvalue weighted by Crippen LogP contribution is 2.35. The van der Waals surface area contributed by atoms with Gasteiger partial charge in [0.15, 0.2) is 5.78 Å². The minimum absolute atomic E-state index is 0.0338. The van der Waals surface area contributed by atoms with Gasteiger partial charge in [0, 0.05) is 48.1 Å². The van der Waals surface area contributed by atoms with Crippen molar-refractivity contribution in [1.29, 1.82) is 0 Å². The van der Waals surface area contributed by atoms with E-state index < -0.39 is 12.0 Å². The molecule has 1 aromatic heterocycles. The van der Waals surface area contributed by atoms with Gasteiger partial charge in [-0.05, 0) is 54.7 Å². The molecule has 0 spiro atoms. The number of carboxylic acid groups (broad SMARTS) is 1. The van der Waals surface area contributed by atoms with Crippen molar-refractivity contribution in [2.24, 2.45) is 5.16 Å². The lowest BCUT2D eigenvalue weighted by atomic mass is 9.94. The number of halogens is 1. The van der Waals surface area contributed by atoms with Gasteiger partial charge in [-0.2, -0.15) is 0 Å². The average Bonchev–Trinajstić information content (AvgIpc) is 3.51. The lowest BCUT2D eigenvalue weighted by Crippen LogP contribution is -2.34. The third kappa shape index (κ3) is 6.52. The fraction of sp³-hybridized carbons (Fsp3) is 0.355. The van der Waals surface area contributed by atoms with E-state index in [4.69, 9.17) is 25.9 Å². The molecular formula is C31H31ClN2O7. The first kappa shape index (κ1) is 28.6. The number of Topliss-reactive ketones (excluding diaryl/α,β-unsaturated/α-hetero) is 1. The Balaban J connectivity index is 1.53. The molecule has 214 valence electrons. The summed E-state index contributed by atoms with van der Waals surface area (Å²) in [5, 5.41) is 13.8. The van der Waals surface area contributed by atoms with E-state index in [1.165, 1.54) is 29.9 Å². The number of carboxylic acids is 1. The molecule has 0 radical (unpaired) electrons. The summed E-state index contributed by atoms with van der Waals surface area (Å²) in [5.74, 6) is -0.815. The minimum Gasteiger partial charge on any atom is -0.495 e. The second-order valence-corrected chi connectivity index (χ2v) is 10.6. The van der Waals surface area contributed by atoms with Gasteiger partial charge in [-0.3, -0.25) is 9.59 Å². The summed E-state index contributed by atoms with van der Waals surface area (Å²) >= 11 is 6.36. The van der Waals surface area contributed by atoms with Crippen molar-refractivity contribution in [3.63, 3.8) is 0 Å². The number of pyridine rings is 1. The first-order valence-corrected chi connectivity index (χ1v) is 14.0. The number of ether oxygens (including phenoxy) is 2. The SMILES string of the molecule is COc1cn(C(C[C@H]2CCCCO2)C(=O)Cc2ccc(C(=O)O)cc2)c(=O)cc1-c1cc(Cl)ccc1C1=NOCC1. The number of aromatic nitrogens is 1. The summed E-state index contributed by atoms with van der Waals surface area (Å²) in [5.41, 5.74) is 3.18. The Morgan fingerprint density at radius 3 is 2.56 bits per heavy atom. The summed E-state index contributed by atoms with van der Waals surface area (Å²) in [7, 11) is 1.51. The van der Waals surface area contributed by atoms with Crippen LogP contribution in [0.4, 0.5) is 0 Å². The van der Waals surface area contributed by atoms with E-state index in [1.54, 1.807) is 30.5 Å². The van der Waals surface area contributed by atoms with Gasteiger partial charge in [0.1, 0.15) is 12.4 Å². The Labute approximate surface area is 242 Å². The van der Waals surface area contributed by atoms with E-state index >= 15 is 0 Å². The van der Waals surface area contributed by atoms with Crippen LogP contribution >= 0.6 is 11.6 Å². The van der Waals surface area contributed by atoms with Gasteiger partial charge in [0.2, 0.25) is 0 Å². The maximum absolute atomic E-state index is 13.8. The van der Waals surface area contributed by atoms with Gasteiger partial charge in [-0.25, -0.2) is 4.79 Å². The van der Waals surface area contributed by atoms with E-state index in [1.807, 2.05) is 6.07 Å².